The van der Waals surface area contributed by atoms with Crippen LogP contribution in [0.4, 0.5) is 5.69 Å². The quantitative estimate of drug-likeness (QED) is 0.181. The van der Waals surface area contributed by atoms with E-state index in [1.807, 2.05) is 36.5 Å². The molecule has 0 saturated heterocycles. The highest BCUT2D eigenvalue weighted by molar-refractivity contribution is 9.09. The van der Waals surface area contributed by atoms with Gasteiger partial charge in [-0.2, -0.15) is 5.10 Å². The minimum absolute atomic E-state index is 1.06. The van der Waals surface area contributed by atoms with Crippen LogP contribution in [0.15, 0.2) is 65.9 Å². The Hall–Kier alpha value is -2.07. The predicted octanol–water partition coefficient (Wildman–Crippen LogP) is 6.07. The number of aryl methyl sites for hydroxylation is 1. The molecule has 1 heterocycles. The monoisotopic (exact) mass is 411 g/mol. The van der Waals surface area contributed by atoms with Crippen LogP contribution >= 0.6 is 15.9 Å². The lowest BCUT2D eigenvalue weighted by Crippen LogP contribution is -2.08. The van der Waals surface area contributed by atoms with E-state index < -0.39 is 0 Å². The molecular formula is C22H26BrN3. The Labute approximate surface area is 164 Å². The van der Waals surface area contributed by atoms with Crippen molar-refractivity contribution in [1.29, 1.82) is 0 Å². The summed E-state index contributed by atoms with van der Waals surface area (Å²) in [5.41, 5.74) is 3.54. The fraction of sp³-hybridized carbons (Fsp3) is 0.318. The van der Waals surface area contributed by atoms with Crippen molar-refractivity contribution >= 4 is 38.7 Å². The molecule has 0 aliphatic carbocycles. The Balaban J connectivity index is 1.75. The molecule has 0 aliphatic heterocycles. The van der Waals surface area contributed by atoms with E-state index in [1.165, 1.54) is 42.1 Å². The van der Waals surface area contributed by atoms with Crippen LogP contribution in [0.5, 0.6) is 0 Å². The normalized spacial score (nSPS) is 11.5. The molecule has 0 saturated carbocycles. The number of fused-ring (bicyclic) bond motifs is 1. The first-order chi connectivity index (χ1) is 12.8. The SMILES string of the molecule is CN(/N=C/c1cn(CCCCCCBr)c2ccccc12)c1ccccc1. The molecule has 1 aromatic heterocycles. The molecule has 4 heteroatoms. The van der Waals surface area contributed by atoms with Crippen LogP contribution in [0.3, 0.4) is 0 Å². The van der Waals surface area contributed by atoms with Crippen LogP contribution < -0.4 is 5.01 Å². The fourth-order valence-corrected chi connectivity index (χ4v) is 3.55. The second-order valence-corrected chi connectivity index (χ2v) is 7.29. The molecule has 0 aliphatic rings. The molecule has 0 amide bonds. The zero-order chi connectivity index (χ0) is 18.2. The number of hydrogen-bond acceptors (Lipinski definition) is 2. The number of benzene rings is 2. The molecule has 3 rings (SSSR count). The molecule has 3 nitrogen and oxygen atoms in total. The van der Waals surface area contributed by atoms with Crippen LogP contribution in [0.25, 0.3) is 10.9 Å². The van der Waals surface area contributed by atoms with Crippen molar-refractivity contribution in [1.82, 2.24) is 4.57 Å². The number of halogens is 1. The van der Waals surface area contributed by atoms with Crippen LogP contribution in [0, 0.1) is 0 Å². The topological polar surface area (TPSA) is 20.5 Å². The average molecular weight is 412 g/mol. The van der Waals surface area contributed by atoms with Crippen LogP contribution in [0.2, 0.25) is 0 Å². The molecule has 0 bridgehead atoms. The van der Waals surface area contributed by atoms with Gasteiger partial charge in [0.15, 0.2) is 0 Å². The maximum atomic E-state index is 4.64. The Morgan fingerprint density at radius 2 is 1.69 bits per heavy atom. The molecule has 0 spiro atoms. The van der Waals surface area contributed by atoms with E-state index in [0.717, 1.165) is 17.6 Å². The van der Waals surface area contributed by atoms with Gasteiger partial charge in [0.05, 0.1) is 11.9 Å². The van der Waals surface area contributed by atoms with Gasteiger partial charge in [-0.1, -0.05) is 65.2 Å². The predicted molar refractivity (Wildman–Crippen MR) is 117 cm³/mol. The van der Waals surface area contributed by atoms with E-state index in [9.17, 15) is 0 Å². The Bertz CT molecular complexity index is 839. The minimum atomic E-state index is 1.06. The van der Waals surface area contributed by atoms with Crippen molar-refractivity contribution in [2.45, 2.75) is 32.2 Å². The van der Waals surface area contributed by atoms with Gasteiger partial charge in [-0.15, -0.1) is 0 Å². The summed E-state index contributed by atoms with van der Waals surface area (Å²) in [6.45, 7) is 1.06. The lowest BCUT2D eigenvalue weighted by molar-refractivity contribution is 0.596. The van der Waals surface area contributed by atoms with Crippen LogP contribution in [-0.4, -0.2) is 23.2 Å². The average Bonchev–Trinajstić information content (AvgIpc) is 3.04. The molecule has 0 unspecified atom stereocenters. The van der Waals surface area contributed by atoms with Crippen molar-refractivity contribution in [3.05, 3.63) is 66.4 Å². The van der Waals surface area contributed by atoms with Crippen LogP contribution in [-0.2, 0) is 6.54 Å². The first-order valence-electron chi connectivity index (χ1n) is 9.26. The number of hydrogen-bond donors (Lipinski definition) is 0. The van der Waals surface area contributed by atoms with E-state index in [-0.39, 0.29) is 0 Å². The Kier molecular flexibility index (Phi) is 6.89. The van der Waals surface area contributed by atoms with Gasteiger partial charge < -0.3 is 4.57 Å². The number of unbranched alkanes of at least 4 members (excludes halogenated alkanes) is 3. The minimum Gasteiger partial charge on any atom is -0.347 e. The summed E-state index contributed by atoms with van der Waals surface area (Å²) in [6.07, 6.45) is 9.25. The third-order valence-electron chi connectivity index (χ3n) is 4.60. The van der Waals surface area contributed by atoms with Gasteiger partial charge in [-0.25, -0.2) is 0 Å². The lowest BCUT2D eigenvalue weighted by Gasteiger charge is -2.11. The summed E-state index contributed by atoms with van der Waals surface area (Å²) >= 11 is 3.50. The van der Waals surface area contributed by atoms with Crippen molar-refractivity contribution < 1.29 is 0 Å². The summed E-state index contributed by atoms with van der Waals surface area (Å²) in [4.78, 5) is 0. The molecular weight excluding hydrogens is 386 g/mol. The van der Waals surface area contributed by atoms with Gasteiger partial charge in [-0.05, 0) is 31.0 Å². The van der Waals surface area contributed by atoms with Gasteiger partial charge in [0.25, 0.3) is 0 Å². The summed E-state index contributed by atoms with van der Waals surface area (Å²) in [7, 11) is 1.98. The van der Waals surface area contributed by atoms with Crippen molar-refractivity contribution in [2.75, 3.05) is 17.4 Å². The van der Waals surface area contributed by atoms with Gasteiger partial charge in [0.2, 0.25) is 0 Å². The number of aromatic nitrogens is 1. The van der Waals surface area contributed by atoms with E-state index in [4.69, 9.17) is 0 Å². The second-order valence-electron chi connectivity index (χ2n) is 6.50. The maximum absolute atomic E-state index is 4.64. The van der Waals surface area contributed by atoms with Gasteiger partial charge in [-0.3, -0.25) is 5.01 Å². The standard InChI is InChI=1S/C22H26BrN3/c1-25(20-11-5-4-6-12-20)24-17-19-18-26(16-10-3-2-9-15-23)22-14-8-7-13-21(19)22/h4-8,11-14,17-18H,2-3,9-10,15-16H2,1H3/b24-17+. The van der Waals surface area contributed by atoms with Crippen LogP contribution in [0.1, 0.15) is 31.2 Å². The molecule has 0 N–H and O–H groups in total. The largest absolute Gasteiger partial charge is 0.347 e. The molecule has 2 aromatic carbocycles. The maximum Gasteiger partial charge on any atom is 0.0590 e. The van der Waals surface area contributed by atoms with Gasteiger partial charge >= 0.3 is 0 Å². The molecule has 0 fully saturated rings. The first-order valence-corrected chi connectivity index (χ1v) is 10.4. The summed E-state index contributed by atoms with van der Waals surface area (Å²) < 4.78 is 2.37. The Morgan fingerprint density at radius 1 is 0.962 bits per heavy atom. The van der Waals surface area contributed by atoms with Crippen molar-refractivity contribution in [2.24, 2.45) is 5.10 Å². The molecule has 136 valence electrons. The number of hydrazone groups is 1. The number of alkyl halides is 1. The number of nitrogens with zero attached hydrogens (tertiary/aromatic N) is 3. The highest BCUT2D eigenvalue weighted by atomic mass is 79.9. The lowest BCUT2D eigenvalue weighted by atomic mass is 10.2. The zero-order valence-electron chi connectivity index (χ0n) is 15.3. The van der Waals surface area contributed by atoms with E-state index in [0.29, 0.717) is 0 Å². The smallest absolute Gasteiger partial charge is 0.0590 e. The fourth-order valence-electron chi connectivity index (χ4n) is 3.15. The number of rotatable bonds is 9. The van der Waals surface area contributed by atoms with E-state index in [1.54, 1.807) is 0 Å². The van der Waals surface area contributed by atoms with Gasteiger partial charge in [0.1, 0.15) is 0 Å². The number of anilines is 1. The highest BCUT2D eigenvalue weighted by Crippen LogP contribution is 2.21. The summed E-state index contributed by atoms with van der Waals surface area (Å²) in [5, 5.41) is 8.92. The molecule has 0 radical (unpaired) electrons. The van der Waals surface area contributed by atoms with Crippen molar-refractivity contribution in [3.63, 3.8) is 0 Å². The second kappa shape index (κ2) is 9.58. The molecule has 3 aromatic rings. The van der Waals surface area contributed by atoms with E-state index in [2.05, 4.69) is 68.2 Å². The van der Waals surface area contributed by atoms with Crippen molar-refractivity contribution in [3.8, 4) is 0 Å². The first kappa shape index (κ1) is 18.7. The Morgan fingerprint density at radius 3 is 2.50 bits per heavy atom. The third kappa shape index (κ3) is 4.76. The zero-order valence-corrected chi connectivity index (χ0v) is 16.9. The van der Waals surface area contributed by atoms with E-state index >= 15 is 0 Å². The summed E-state index contributed by atoms with van der Waals surface area (Å²) in [6, 6.07) is 18.8. The van der Waals surface area contributed by atoms with Gasteiger partial charge in [0, 0.05) is 41.6 Å². The number of para-hydroxylation sites is 2. The molecule has 0 atom stereocenters. The molecule has 26 heavy (non-hydrogen) atoms. The third-order valence-corrected chi connectivity index (χ3v) is 5.16. The summed E-state index contributed by atoms with van der Waals surface area (Å²) in [5.74, 6) is 0. The highest BCUT2D eigenvalue weighted by Gasteiger charge is 2.07.